The van der Waals surface area contributed by atoms with Crippen molar-refractivity contribution in [1.29, 1.82) is 0 Å². The van der Waals surface area contributed by atoms with E-state index >= 15 is 0 Å². The number of fused-ring (bicyclic) bond motifs is 2. The van der Waals surface area contributed by atoms with Crippen molar-refractivity contribution in [1.82, 2.24) is 0 Å². The van der Waals surface area contributed by atoms with Crippen molar-refractivity contribution in [3.05, 3.63) is 102 Å². The minimum Gasteiger partial charge on any atom is -0.484 e. The fourth-order valence-corrected chi connectivity index (χ4v) is 5.50. The van der Waals surface area contributed by atoms with Gasteiger partial charge in [0.1, 0.15) is 11.3 Å². The predicted molar refractivity (Wildman–Crippen MR) is 167 cm³/mol. The molecule has 1 aliphatic rings. The summed E-state index contributed by atoms with van der Waals surface area (Å²) in [6, 6.07) is 22.5. The van der Waals surface area contributed by atoms with E-state index in [0.29, 0.717) is 16.3 Å². The number of hydrogen-bond donors (Lipinski definition) is 2. The molecule has 0 bridgehead atoms. The van der Waals surface area contributed by atoms with Gasteiger partial charge in [-0.3, -0.25) is 19.2 Å². The number of rotatable bonds is 8. The highest BCUT2D eigenvalue weighted by molar-refractivity contribution is 6.13. The van der Waals surface area contributed by atoms with Crippen LogP contribution in [0.3, 0.4) is 0 Å². The minimum atomic E-state index is -4.62. The molecular formula is C34H31F3N4O5. The lowest BCUT2D eigenvalue weighted by molar-refractivity contribution is -0.153. The molecule has 9 nitrogen and oxygen atoms in total. The van der Waals surface area contributed by atoms with E-state index in [4.69, 9.17) is 16.2 Å². The molecule has 1 unspecified atom stereocenters. The zero-order valence-electron chi connectivity index (χ0n) is 25.0. The highest BCUT2D eigenvalue weighted by Gasteiger charge is 2.47. The van der Waals surface area contributed by atoms with Crippen molar-refractivity contribution in [3.8, 4) is 5.75 Å². The molecule has 0 saturated carbocycles. The van der Waals surface area contributed by atoms with Crippen LogP contribution in [0, 0.1) is 5.92 Å². The summed E-state index contributed by atoms with van der Waals surface area (Å²) in [5.74, 6) is -3.85. The SMILES string of the molecule is CC(=O)c1ccc(C(=O)N2C[C@@H](C(C)(N)C(N)=O)C(=O)N(Cc3c(OCC(F)(F)F)ccc4ccccc34)c3ccccc32)cc1. The number of amides is 3. The molecule has 5 rings (SSSR count). The van der Waals surface area contributed by atoms with E-state index in [9.17, 15) is 32.3 Å². The second-order valence-corrected chi connectivity index (χ2v) is 11.3. The number of ether oxygens (including phenoxy) is 1. The van der Waals surface area contributed by atoms with Crippen LogP contribution in [0.4, 0.5) is 24.5 Å². The number of Topliss-reactive ketones (excluding diaryl/α,β-unsaturated/α-hetero) is 1. The Hall–Kier alpha value is -5.23. The maximum Gasteiger partial charge on any atom is 0.422 e. The summed E-state index contributed by atoms with van der Waals surface area (Å²) in [5, 5.41) is 1.23. The summed E-state index contributed by atoms with van der Waals surface area (Å²) in [4.78, 5) is 55.6. The first-order valence-corrected chi connectivity index (χ1v) is 14.3. The van der Waals surface area contributed by atoms with E-state index in [2.05, 4.69) is 0 Å². The molecule has 4 aromatic rings. The summed E-state index contributed by atoms with van der Waals surface area (Å²) in [7, 11) is 0. The van der Waals surface area contributed by atoms with Crippen molar-refractivity contribution >= 4 is 45.7 Å². The molecule has 0 radical (unpaired) electrons. The average Bonchev–Trinajstić information content (AvgIpc) is 3.14. The van der Waals surface area contributed by atoms with Crippen LogP contribution in [-0.4, -0.2) is 48.4 Å². The molecule has 1 heterocycles. The number of nitrogens with zero attached hydrogens (tertiary/aromatic N) is 2. The highest BCUT2D eigenvalue weighted by atomic mass is 19.4. The van der Waals surface area contributed by atoms with E-state index < -0.39 is 42.0 Å². The Morgan fingerprint density at radius 2 is 1.50 bits per heavy atom. The quantitative estimate of drug-likeness (QED) is 0.263. The Bertz CT molecular complexity index is 1840. The largest absolute Gasteiger partial charge is 0.484 e. The van der Waals surface area contributed by atoms with E-state index in [0.717, 1.165) is 0 Å². The average molecular weight is 633 g/mol. The van der Waals surface area contributed by atoms with E-state index in [1.807, 2.05) is 0 Å². The van der Waals surface area contributed by atoms with E-state index in [1.165, 1.54) is 54.0 Å². The number of carbonyl (C=O) groups is 4. The van der Waals surface area contributed by atoms with Crippen LogP contribution in [0.2, 0.25) is 0 Å². The van der Waals surface area contributed by atoms with E-state index in [1.54, 1.807) is 54.6 Å². The number of anilines is 2. The Labute approximate surface area is 262 Å². The van der Waals surface area contributed by atoms with Crippen LogP contribution >= 0.6 is 0 Å². The van der Waals surface area contributed by atoms with Gasteiger partial charge in [-0.2, -0.15) is 13.2 Å². The Morgan fingerprint density at radius 3 is 2.13 bits per heavy atom. The molecular weight excluding hydrogens is 601 g/mol. The number of primary amides is 1. The summed E-state index contributed by atoms with van der Waals surface area (Å²) in [5.41, 5.74) is 11.6. The van der Waals surface area contributed by atoms with Crippen LogP contribution in [0.25, 0.3) is 10.8 Å². The molecule has 12 heteroatoms. The van der Waals surface area contributed by atoms with Gasteiger partial charge in [-0.15, -0.1) is 0 Å². The van der Waals surface area contributed by atoms with Gasteiger partial charge in [-0.25, -0.2) is 0 Å². The van der Waals surface area contributed by atoms with Gasteiger partial charge in [0, 0.05) is 23.2 Å². The van der Waals surface area contributed by atoms with Crippen LogP contribution in [0.5, 0.6) is 5.75 Å². The van der Waals surface area contributed by atoms with Gasteiger partial charge in [-0.1, -0.05) is 54.6 Å². The maximum absolute atomic E-state index is 14.5. The molecule has 0 fully saturated rings. The van der Waals surface area contributed by atoms with Gasteiger partial charge in [0.15, 0.2) is 12.4 Å². The first kappa shape index (κ1) is 32.2. The summed E-state index contributed by atoms with van der Waals surface area (Å²) in [6.45, 7) is 0.507. The molecule has 3 amide bonds. The van der Waals surface area contributed by atoms with E-state index in [-0.39, 0.29) is 47.1 Å². The maximum atomic E-state index is 14.5. The molecule has 4 aromatic carbocycles. The second-order valence-electron chi connectivity index (χ2n) is 11.3. The van der Waals surface area contributed by atoms with Crippen LogP contribution in [-0.2, 0) is 16.1 Å². The third kappa shape index (κ3) is 6.29. The van der Waals surface area contributed by atoms with Gasteiger partial charge < -0.3 is 26.0 Å². The molecule has 1 aliphatic heterocycles. The third-order valence-electron chi connectivity index (χ3n) is 8.14. The smallest absolute Gasteiger partial charge is 0.422 e. The zero-order valence-corrected chi connectivity index (χ0v) is 25.0. The fourth-order valence-electron chi connectivity index (χ4n) is 5.50. The van der Waals surface area contributed by atoms with Crippen LogP contribution < -0.4 is 26.0 Å². The third-order valence-corrected chi connectivity index (χ3v) is 8.14. The first-order valence-electron chi connectivity index (χ1n) is 14.3. The number of alkyl halides is 3. The molecule has 4 N–H and O–H groups in total. The normalized spacial score (nSPS) is 16.4. The predicted octanol–water partition coefficient (Wildman–Crippen LogP) is 5.00. The highest BCUT2D eigenvalue weighted by Crippen LogP contribution is 2.40. The lowest BCUT2D eigenvalue weighted by Gasteiger charge is -2.34. The van der Waals surface area contributed by atoms with Crippen molar-refractivity contribution in [2.75, 3.05) is 23.0 Å². The van der Waals surface area contributed by atoms with Gasteiger partial charge in [-0.05, 0) is 55.0 Å². The molecule has 0 saturated heterocycles. The monoisotopic (exact) mass is 632 g/mol. The molecule has 0 aliphatic carbocycles. The topological polar surface area (TPSA) is 136 Å². The van der Waals surface area contributed by atoms with Crippen LogP contribution in [0.15, 0.2) is 84.9 Å². The first-order chi connectivity index (χ1) is 21.7. The number of ketones is 1. The number of nitrogens with two attached hydrogens (primary N) is 2. The summed E-state index contributed by atoms with van der Waals surface area (Å²) in [6.07, 6.45) is -4.62. The zero-order chi connectivity index (χ0) is 33.4. The molecule has 238 valence electrons. The van der Waals surface area contributed by atoms with Crippen molar-refractivity contribution in [2.24, 2.45) is 17.4 Å². The summed E-state index contributed by atoms with van der Waals surface area (Å²) >= 11 is 0. The molecule has 0 aromatic heterocycles. The number of halogens is 3. The van der Waals surface area contributed by atoms with Crippen molar-refractivity contribution < 1.29 is 37.1 Å². The summed E-state index contributed by atoms with van der Waals surface area (Å²) < 4.78 is 44.9. The Balaban J connectivity index is 1.68. The molecule has 2 atom stereocenters. The minimum absolute atomic E-state index is 0.0917. The fraction of sp³-hybridized carbons (Fsp3) is 0.235. The molecule has 0 spiro atoms. The van der Waals surface area contributed by atoms with Gasteiger partial charge >= 0.3 is 6.18 Å². The number of benzene rings is 4. The van der Waals surface area contributed by atoms with Gasteiger partial charge in [0.05, 0.1) is 23.8 Å². The standard InChI is InChI=1S/C34H31F3N4O5/c1-20(42)21-11-13-23(14-12-21)30(43)41-18-26(33(2,39)32(38)45)31(44)40(27-9-5-6-10-28(27)41)17-25-24-8-4-3-7-22(24)15-16-29(25)46-19-34(35,36)37/h3-16,26H,17-19,39H2,1-2H3,(H2,38,45)/t26-,33?/m1/s1. The van der Waals surface area contributed by atoms with Crippen molar-refractivity contribution in [2.45, 2.75) is 32.1 Å². The second kappa shape index (κ2) is 12.3. The van der Waals surface area contributed by atoms with Gasteiger partial charge in [0.25, 0.3) is 5.91 Å². The molecule has 46 heavy (non-hydrogen) atoms. The van der Waals surface area contributed by atoms with Crippen LogP contribution in [0.1, 0.15) is 40.1 Å². The number of hydrogen-bond acceptors (Lipinski definition) is 6. The number of para-hydroxylation sites is 2. The lowest BCUT2D eigenvalue weighted by Crippen LogP contribution is -2.62. The van der Waals surface area contributed by atoms with Crippen molar-refractivity contribution in [3.63, 3.8) is 0 Å². The lowest BCUT2D eigenvalue weighted by atomic mass is 9.84. The Kier molecular flexibility index (Phi) is 8.59. The number of carbonyl (C=O) groups excluding carboxylic acids is 4. The Morgan fingerprint density at radius 1 is 0.891 bits per heavy atom. The van der Waals surface area contributed by atoms with Gasteiger partial charge in [0.2, 0.25) is 11.8 Å².